The number of methoxy groups -OCH3 is 1. The molecule has 5 aliphatic carbocycles. The predicted molar refractivity (Wildman–Crippen MR) is 142 cm³/mol. The zero-order valence-electron chi connectivity index (χ0n) is 24.1. The van der Waals surface area contributed by atoms with Gasteiger partial charge >= 0.3 is 5.97 Å². The van der Waals surface area contributed by atoms with Gasteiger partial charge in [0.05, 0.1) is 18.7 Å². The van der Waals surface area contributed by atoms with Crippen LogP contribution in [0.1, 0.15) is 98.3 Å². The lowest BCUT2D eigenvalue weighted by atomic mass is 9.33. The van der Waals surface area contributed by atoms with Gasteiger partial charge in [0.15, 0.2) is 5.78 Å². The molecule has 5 heteroatoms. The van der Waals surface area contributed by atoms with Gasteiger partial charge < -0.3 is 9.26 Å². The van der Waals surface area contributed by atoms with Gasteiger partial charge in [-0.25, -0.2) is 0 Å². The second-order valence-corrected chi connectivity index (χ2v) is 14.9. The van der Waals surface area contributed by atoms with Crippen LogP contribution in [0.25, 0.3) is 0 Å². The van der Waals surface area contributed by atoms with Crippen LogP contribution in [0.5, 0.6) is 0 Å². The van der Waals surface area contributed by atoms with E-state index in [1.807, 2.05) is 12.3 Å². The molecule has 0 amide bonds. The van der Waals surface area contributed by atoms with Crippen molar-refractivity contribution in [1.82, 2.24) is 5.16 Å². The lowest BCUT2D eigenvalue weighted by Gasteiger charge is -2.69. The Hall–Kier alpha value is -1.91. The van der Waals surface area contributed by atoms with Crippen molar-refractivity contribution in [2.24, 2.45) is 51.2 Å². The quantitative estimate of drug-likeness (QED) is 0.396. The number of ether oxygens (including phenoxy) is 1. The summed E-state index contributed by atoms with van der Waals surface area (Å²) < 4.78 is 11.3. The summed E-state index contributed by atoms with van der Waals surface area (Å²) in [5, 5.41) is 4.19. The normalized spacial score (nSPS) is 47.9. The molecule has 6 rings (SSSR count). The monoisotopic (exact) mass is 507 g/mol. The van der Waals surface area contributed by atoms with Gasteiger partial charge in [0.25, 0.3) is 0 Å². The van der Waals surface area contributed by atoms with Gasteiger partial charge in [0.1, 0.15) is 5.76 Å². The van der Waals surface area contributed by atoms with Crippen molar-refractivity contribution >= 4 is 11.8 Å². The highest BCUT2D eigenvalue weighted by molar-refractivity contribution is 5.96. The zero-order valence-corrected chi connectivity index (χ0v) is 24.1. The Kier molecular flexibility index (Phi) is 5.21. The number of fused-ring (bicyclic) bond motifs is 8. The number of carbonyl (C=O) groups is 2. The molecular formula is C32H45NO4. The molecule has 0 aliphatic heterocycles. The van der Waals surface area contributed by atoms with E-state index in [-0.39, 0.29) is 45.2 Å². The lowest BCUT2D eigenvalue weighted by Crippen LogP contribution is -2.67. The fourth-order valence-electron chi connectivity index (χ4n) is 11.2. The Labute approximate surface area is 222 Å². The van der Waals surface area contributed by atoms with E-state index < -0.39 is 5.41 Å². The topological polar surface area (TPSA) is 69.4 Å². The third-order valence-electron chi connectivity index (χ3n) is 13.3. The molecule has 0 radical (unpaired) electrons. The lowest BCUT2D eigenvalue weighted by molar-refractivity contribution is -0.185. The Balaban J connectivity index is 1.52. The van der Waals surface area contributed by atoms with Gasteiger partial charge in [0.2, 0.25) is 0 Å². The first-order chi connectivity index (χ1) is 17.3. The van der Waals surface area contributed by atoms with E-state index >= 15 is 0 Å². The van der Waals surface area contributed by atoms with E-state index in [9.17, 15) is 9.59 Å². The highest BCUT2D eigenvalue weighted by Crippen LogP contribution is 2.74. The second-order valence-electron chi connectivity index (χ2n) is 14.9. The maximum atomic E-state index is 14.5. The summed E-state index contributed by atoms with van der Waals surface area (Å²) in [5.41, 5.74) is 1.32. The van der Waals surface area contributed by atoms with Crippen molar-refractivity contribution in [3.05, 3.63) is 29.2 Å². The van der Waals surface area contributed by atoms with E-state index in [1.54, 1.807) is 0 Å². The van der Waals surface area contributed by atoms with Crippen LogP contribution >= 0.6 is 0 Å². The standard InChI is InChI=1S/C32H45NO4/c1-18-9-12-32(27(35)36-8)14-13-30(6)21(24(32)19(18)2)15-22(34)25-29(5)16-20-17-33-37-26(20)28(3,4)23(29)10-11-31(25,30)7/h15,17-19,23-25H,9-14,16H2,1-8H3/t18-,19+,23+,24+,25-,29+,30-,31-,32+/m1/s1. The van der Waals surface area contributed by atoms with Crippen molar-refractivity contribution < 1.29 is 18.8 Å². The summed E-state index contributed by atoms with van der Waals surface area (Å²) in [7, 11) is 1.54. The van der Waals surface area contributed by atoms with E-state index in [0.717, 1.165) is 50.7 Å². The molecule has 0 spiro atoms. The molecule has 37 heavy (non-hydrogen) atoms. The van der Waals surface area contributed by atoms with Crippen LogP contribution in [0.4, 0.5) is 0 Å². The minimum absolute atomic E-state index is 0.0585. The number of aromatic nitrogens is 1. The van der Waals surface area contributed by atoms with Gasteiger partial charge in [-0.3, -0.25) is 9.59 Å². The Bertz CT molecular complexity index is 1200. The minimum Gasteiger partial charge on any atom is -0.469 e. The van der Waals surface area contributed by atoms with Crippen molar-refractivity contribution in [1.29, 1.82) is 0 Å². The maximum Gasteiger partial charge on any atom is 0.312 e. The number of carbonyl (C=O) groups excluding carboxylic acids is 2. The summed E-state index contributed by atoms with van der Waals surface area (Å²) in [6.07, 6.45) is 10.6. The summed E-state index contributed by atoms with van der Waals surface area (Å²) in [5.74, 6) is 2.45. The fourth-order valence-corrected chi connectivity index (χ4v) is 11.2. The molecule has 3 saturated carbocycles. The molecule has 0 N–H and O–H groups in total. The molecule has 1 heterocycles. The number of esters is 1. The molecule has 0 saturated heterocycles. The van der Waals surface area contributed by atoms with Crippen LogP contribution in [-0.2, 0) is 26.2 Å². The summed E-state index contributed by atoms with van der Waals surface area (Å²) in [6.45, 7) is 16.4. The smallest absolute Gasteiger partial charge is 0.312 e. The zero-order chi connectivity index (χ0) is 26.8. The number of nitrogens with zero attached hydrogens (tertiary/aromatic N) is 1. The molecule has 3 fully saturated rings. The van der Waals surface area contributed by atoms with Crippen molar-refractivity contribution in [3.63, 3.8) is 0 Å². The van der Waals surface area contributed by atoms with Gasteiger partial charge in [-0.15, -0.1) is 0 Å². The number of hydrogen-bond donors (Lipinski definition) is 0. The molecule has 5 nitrogen and oxygen atoms in total. The Morgan fingerprint density at radius 1 is 1.05 bits per heavy atom. The van der Waals surface area contributed by atoms with E-state index in [0.29, 0.717) is 17.8 Å². The molecule has 0 bridgehead atoms. The van der Waals surface area contributed by atoms with Crippen LogP contribution in [0, 0.1) is 51.2 Å². The number of allylic oxidation sites excluding steroid dienone is 2. The van der Waals surface area contributed by atoms with Gasteiger partial charge in [-0.05, 0) is 90.9 Å². The van der Waals surface area contributed by atoms with Crippen molar-refractivity contribution in [3.8, 4) is 0 Å². The van der Waals surface area contributed by atoms with Gasteiger partial charge in [0, 0.05) is 16.9 Å². The molecule has 1 aromatic rings. The predicted octanol–water partition coefficient (Wildman–Crippen LogP) is 6.70. The summed E-state index contributed by atoms with van der Waals surface area (Å²) in [6, 6.07) is 0. The number of ketones is 1. The van der Waals surface area contributed by atoms with Crippen LogP contribution in [0.2, 0.25) is 0 Å². The molecule has 202 valence electrons. The van der Waals surface area contributed by atoms with E-state index in [1.165, 1.54) is 18.2 Å². The first-order valence-corrected chi connectivity index (χ1v) is 14.6. The highest BCUT2D eigenvalue weighted by atomic mass is 16.5. The Morgan fingerprint density at radius 2 is 1.78 bits per heavy atom. The highest BCUT2D eigenvalue weighted by Gasteiger charge is 2.71. The first kappa shape index (κ1) is 25.4. The molecule has 9 atom stereocenters. The number of hydrogen-bond acceptors (Lipinski definition) is 5. The van der Waals surface area contributed by atoms with Gasteiger partial charge in [-0.2, -0.15) is 0 Å². The third-order valence-corrected chi connectivity index (χ3v) is 13.3. The first-order valence-electron chi connectivity index (χ1n) is 14.6. The summed E-state index contributed by atoms with van der Waals surface area (Å²) >= 11 is 0. The van der Waals surface area contributed by atoms with Crippen LogP contribution in [0.3, 0.4) is 0 Å². The molecule has 1 aromatic heterocycles. The third kappa shape index (κ3) is 2.84. The van der Waals surface area contributed by atoms with Crippen LogP contribution in [0.15, 0.2) is 22.4 Å². The van der Waals surface area contributed by atoms with Crippen LogP contribution in [-0.4, -0.2) is 24.0 Å². The molecule has 0 unspecified atom stereocenters. The Morgan fingerprint density at radius 3 is 2.49 bits per heavy atom. The van der Waals surface area contributed by atoms with E-state index in [4.69, 9.17) is 9.26 Å². The van der Waals surface area contributed by atoms with Gasteiger partial charge in [-0.1, -0.05) is 59.2 Å². The minimum atomic E-state index is -0.499. The SMILES string of the molecule is COC(=O)[C@]12CC[C@@H](C)[C@H](C)[C@H]1C1=CC(=O)[C@@H]3[C@@]4(C)Cc5cnoc5C(C)(C)[C@@H]4CC[C@@]3(C)[C@]1(C)CC2. The average molecular weight is 508 g/mol. The van der Waals surface area contributed by atoms with Crippen molar-refractivity contribution in [2.75, 3.05) is 7.11 Å². The molecular weight excluding hydrogens is 462 g/mol. The maximum absolute atomic E-state index is 14.5. The average Bonchev–Trinajstić information content (AvgIpc) is 3.30. The largest absolute Gasteiger partial charge is 0.469 e. The fraction of sp³-hybridized carbons (Fsp3) is 0.781. The second kappa shape index (κ2) is 7.60. The van der Waals surface area contributed by atoms with Crippen molar-refractivity contribution in [2.45, 2.75) is 98.8 Å². The van der Waals surface area contributed by atoms with E-state index in [2.05, 4.69) is 53.6 Å². The molecule has 5 aliphatic rings. The summed E-state index contributed by atoms with van der Waals surface area (Å²) in [4.78, 5) is 28.0. The molecule has 0 aromatic carbocycles. The van der Waals surface area contributed by atoms with Crippen LogP contribution < -0.4 is 0 Å². The number of rotatable bonds is 1.